The van der Waals surface area contributed by atoms with Gasteiger partial charge in [0.25, 0.3) is 5.91 Å². The lowest BCUT2D eigenvalue weighted by atomic mass is 9.97. The molecule has 1 saturated heterocycles. The molecule has 6 nitrogen and oxygen atoms in total. The van der Waals surface area contributed by atoms with Crippen molar-refractivity contribution in [3.05, 3.63) is 27.8 Å². The van der Waals surface area contributed by atoms with E-state index in [0.29, 0.717) is 18.3 Å². The summed E-state index contributed by atoms with van der Waals surface area (Å²) in [5.74, 6) is 1.53. The van der Waals surface area contributed by atoms with E-state index < -0.39 is 0 Å². The summed E-state index contributed by atoms with van der Waals surface area (Å²) in [7, 11) is 0. The number of carbonyl (C=O) groups is 1. The third-order valence-corrected chi connectivity index (χ3v) is 4.89. The Morgan fingerprint density at radius 2 is 2.41 bits per heavy atom. The van der Waals surface area contributed by atoms with Gasteiger partial charge < -0.3 is 9.42 Å². The molecule has 1 atom stereocenters. The topological polar surface area (TPSA) is 72.1 Å². The lowest BCUT2D eigenvalue weighted by Gasteiger charge is -2.30. The second-order valence-electron chi connectivity index (χ2n) is 5.63. The van der Waals surface area contributed by atoms with Crippen molar-refractivity contribution >= 4 is 17.2 Å². The van der Waals surface area contributed by atoms with E-state index in [1.54, 1.807) is 13.1 Å². The van der Waals surface area contributed by atoms with Gasteiger partial charge in [-0.05, 0) is 25.7 Å². The Morgan fingerprint density at radius 1 is 1.55 bits per heavy atom. The number of carbonyl (C=O) groups excluding carboxylic acids is 1. The van der Waals surface area contributed by atoms with Crippen LogP contribution in [0.5, 0.6) is 0 Å². The minimum Gasteiger partial charge on any atom is -0.340 e. The van der Waals surface area contributed by atoms with Gasteiger partial charge >= 0.3 is 0 Å². The molecule has 118 valence electrons. The zero-order chi connectivity index (χ0) is 15.5. The molecule has 0 saturated carbocycles. The Hall–Kier alpha value is -1.76. The molecule has 0 N–H and O–H groups in total. The third kappa shape index (κ3) is 3.19. The van der Waals surface area contributed by atoms with Gasteiger partial charge in [-0.1, -0.05) is 12.1 Å². The summed E-state index contributed by atoms with van der Waals surface area (Å²) in [5, 5.41) is 5.04. The highest BCUT2D eigenvalue weighted by atomic mass is 32.1. The molecule has 2 aromatic heterocycles. The Bertz CT molecular complexity index is 652. The Morgan fingerprint density at radius 3 is 3.14 bits per heavy atom. The standard InChI is InChI=1S/C15H20N4O2S/c1-3-5-13-16-8-12(22-13)15(20)19-7-4-6-11(9-19)14-17-10(2)21-18-14/h8,11H,3-7,9H2,1-2H3. The second-order valence-corrected chi connectivity index (χ2v) is 6.75. The second kappa shape index (κ2) is 6.56. The van der Waals surface area contributed by atoms with Crippen LogP contribution in [0.3, 0.4) is 0 Å². The SMILES string of the molecule is CCCc1ncc(C(=O)N2CCCC(c3noc(C)n3)C2)s1. The van der Waals surface area contributed by atoms with Gasteiger partial charge in [0.2, 0.25) is 5.89 Å². The van der Waals surface area contributed by atoms with Crippen LogP contribution in [0.4, 0.5) is 0 Å². The summed E-state index contributed by atoms with van der Waals surface area (Å²) >= 11 is 1.51. The molecule has 0 aromatic carbocycles. The van der Waals surface area contributed by atoms with Gasteiger partial charge in [-0.3, -0.25) is 4.79 Å². The van der Waals surface area contributed by atoms with Crippen LogP contribution >= 0.6 is 11.3 Å². The van der Waals surface area contributed by atoms with E-state index in [4.69, 9.17) is 4.52 Å². The van der Waals surface area contributed by atoms with Crippen LogP contribution in [0.2, 0.25) is 0 Å². The van der Waals surface area contributed by atoms with Crippen molar-refractivity contribution < 1.29 is 9.32 Å². The van der Waals surface area contributed by atoms with E-state index in [9.17, 15) is 4.79 Å². The lowest BCUT2D eigenvalue weighted by molar-refractivity contribution is 0.0708. The molecular formula is C15H20N4O2S. The van der Waals surface area contributed by atoms with E-state index in [-0.39, 0.29) is 11.8 Å². The highest BCUT2D eigenvalue weighted by molar-refractivity contribution is 7.13. The number of nitrogens with zero attached hydrogens (tertiary/aromatic N) is 4. The zero-order valence-corrected chi connectivity index (χ0v) is 13.7. The van der Waals surface area contributed by atoms with E-state index in [1.165, 1.54) is 11.3 Å². The average molecular weight is 320 g/mol. The molecule has 0 aliphatic carbocycles. The maximum absolute atomic E-state index is 12.6. The maximum atomic E-state index is 12.6. The molecular weight excluding hydrogens is 300 g/mol. The molecule has 1 amide bonds. The van der Waals surface area contributed by atoms with E-state index in [0.717, 1.165) is 42.1 Å². The summed E-state index contributed by atoms with van der Waals surface area (Å²) in [4.78, 5) is 23.9. The van der Waals surface area contributed by atoms with Gasteiger partial charge in [0.1, 0.15) is 4.88 Å². The normalized spacial score (nSPS) is 18.6. The fraction of sp³-hybridized carbons (Fsp3) is 0.600. The molecule has 0 bridgehead atoms. The summed E-state index contributed by atoms with van der Waals surface area (Å²) in [6.07, 6.45) is 5.64. The smallest absolute Gasteiger partial charge is 0.265 e. The van der Waals surface area contributed by atoms with Crippen LogP contribution in [-0.4, -0.2) is 39.0 Å². The molecule has 0 spiro atoms. The van der Waals surface area contributed by atoms with Crippen LogP contribution in [-0.2, 0) is 6.42 Å². The molecule has 3 rings (SSSR count). The predicted molar refractivity (Wildman–Crippen MR) is 83.0 cm³/mol. The molecule has 1 fully saturated rings. The lowest BCUT2D eigenvalue weighted by Crippen LogP contribution is -2.39. The van der Waals surface area contributed by atoms with Gasteiger partial charge in [-0.2, -0.15) is 4.98 Å². The fourth-order valence-electron chi connectivity index (χ4n) is 2.75. The van der Waals surface area contributed by atoms with Crippen molar-refractivity contribution in [2.75, 3.05) is 13.1 Å². The van der Waals surface area contributed by atoms with Crippen LogP contribution in [0, 0.1) is 6.92 Å². The highest BCUT2D eigenvalue weighted by Gasteiger charge is 2.29. The third-order valence-electron chi connectivity index (χ3n) is 3.85. The predicted octanol–water partition coefficient (Wildman–Crippen LogP) is 2.81. The molecule has 1 aliphatic rings. The van der Waals surface area contributed by atoms with Crippen molar-refractivity contribution in [2.24, 2.45) is 0 Å². The van der Waals surface area contributed by atoms with E-state index >= 15 is 0 Å². The van der Waals surface area contributed by atoms with Crippen molar-refractivity contribution in [3.8, 4) is 0 Å². The number of hydrogen-bond acceptors (Lipinski definition) is 6. The summed E-state index contributed by atoms with van der Waals surface area (Å²) < 4.78 is 5.06. The van der Waals surface area contributed by atoms with Gasteiger partial charge in [0, 0.05) is 25.9 Å². The number of thiazole rings is 1. The number of hydrogen-bond donors (Lipinski definition) is 0. The van der Waals surface area contributed by atoms with E-state index in [2.05, 4.69) is 22.0 Å². The average Bonchev–Trinajstić information content (AvgIpc) is 3.16. The van der Waals surface area contributed by atoms with Gasteiger partial charge in [0.05, 0.1) is 11.2 Å². The van der Waals surface area contributed by atoms with Crippen LogP contribution in [0.25, 0.3) is 0 Å². The fourth-order valence-corrected chi connectivity index (χ4v) is 3.73. The largest absolute Gasteiger partial charge is 0.340 e. The zero-order valence-electron chi connectivity index (χ0n) is 12.9. The summed E-state index contributed by atoms with van der Waals surface area (Å²) in [6, 6.07) is 0. The van der Waals surface area contributed by atoms with Crippen molar-refractivity contribution in [2.45, 2.75) is 45.4 Å². The molecule has 3 heterocycles. The number of aromatic nitrogens is 3. The van der Waals surface area contributed by atoms with Crippen LogP contribution < -0.4 is 0 Å². The summed E-state index contributed by atoms with van der Waals surface area (Å²) in [6.45, 7) is 5.34. The number of likely N-dealkylation sites (tertiary alicyclic amines) is 1. The monoisotopic (exact) mass is 320 g/mol. The Balaban J connectivity index is 1.69. The molecule has 1 aliphatic heterocycles. The van der Waals surface area contributed by atoms with Gasteiger partial charge in [0.15, 0.2) is 5.82 Å². The Labute approximate surface area is 133 Å². The summed E-state index contributed by atoms with van der Waals surface area (Å²) in [5.41, 5.74) is 0. The van der Waals surface area contributed by atoms with Crippen molar-refractivity contribution in [3.63, 3.8) is 0 Å². The minimum absolute atomic E-state index is 0.0739. The molecule has 1 unspecified atom stereocenters. The maximum Gasteiger partial charge on any atom is 0.265 e. The van der Waals surface area contributed by atoms with Crippen LogP contribution in [0.15, 0.2) is 10.7 Å². The quantitative estimate of drug-likeness (QED) is 0.866. The van der Waals surface area contributed by atoms with Crippen molar-refractivity contribution in [1.29, 1.82) is 0 Å². The number of rotatable bonds is 4. The first kappa shape index (κ1) is 15.1. The first-order chi connectivity index (χ1) is 10.7. The van der Waals surface area contributed by atoms with Gasteiger partial charge in [-0.25, -0.2) is 4.98 Å². The molecule has 0 radical (unpaired) electrons. The molecule has 22 heavy (non-hydrogen) atoms. The number of piperidine rings is 1. The van der Waals surface area contributed by atoms with Crippen LogP contribution in [0.1, 0.15) is 58.5 Å². The molecule has 2 aromatic rings. The van der Waals surface area contributed by atoms with Gasteiger partial charge in [-0.15, -0.1) is 11.3 Å². The first-order valence-electron chi connectivity index (χ1n) is 7.71. The van der Waals surface area contributed by atoms with E-state index in [1.807, 2.05) is 4.90 Å². The Kier molecular flexibility index (Phi) is 4.52. The highest BCUT2D eigenvalue weighted by Crippen LogP contribution is 2.27. The first-order valence-corrected chi connectivity index (χ1v) is 8.53. The molecule has 7 heteroatoms. The minimum atomic E-state index is 0.0739. The number of amides is 1. The van der Waals surface area contributed by atoms with Crippen molar-refractivity contribution in [1.82, 2.24) is 20.0 Å². The number of aryl methyl sites for hydroxylation is 2.